The van der Waals surface area contributed by atoms with Crippen LogP contribution in [0.3, 0.4) is 0 Å². The van der Waals surface area contributed by atoms with Gasteiger partial charge in [0.05, 0.1) is 12.5 Å². The molecule has 1 aromatic carbocycles. The molecule has 3 rings (SSSR count). The smallest absolute Gasteiger partial charge is 0.306 e. The minimum absolute atomic E-state index is 0.246. The van der Waals surface area contributed by atoms with Crippen LogP contribution in [0.15, 0.2) is 24.3 Å². The van der Waals surface area contributed by atoms with Gasteiger partial charge in [-0.05, 0) is 30.9 Å². The Morgan fingerprint density at radius 2 is 2.25 bits per heavy atom. The average Bonchev–Trinajstić information content (AvgIpc) is 2.78. The molecule has 1 unspecified atom stereocenters. The van der Waals surface area contributed by atoms with E-state index in [4.69, 9.17) is 4.74 Å². The maximum atomic E-state index is 11.3. The highest BCUT2D eigenvalue weighted by atomic mass is 16.5. The van der Waals surface area contributed by atoms with E-state index in [9.17, 15) is 9.90 Å². The number of ether oxygens (including phenoxy) is 1. The van der Waals surface area contributed by atoms with Crippen molar-refractivity contribution in [3.8, 4) is 0 Å². The van der Waals surface area contributed by atoms with Crippen LogP contribution < -0.4 is 0 Å². The second-order valence-corrected chi connectivity index (χ2v) is 5.36. The molecule has 106 valence electrons. The number of benzene rings is 1. The largest absolute Gasteiger partial charge is 0.481 e. The zero-order valence-corrected chi connectivity index (χ0v) is 11.6. The number of fused-ring (bicyclic) bond motifs is 3. The van der Waals surface area contributed by atoms with Gasteiger partial charge in [0, 0.05) is 30.3 Å². The molecule has 0 saturated heterocycles. The lowest BCUT2D eigenvalue weighted by Gasteiger charge is -2.21. The summed E-state index contributed by atoms with van der Waals surface area (Å²) in [5, 5.41) is 10.5. The lowest BCUT2D eigenvalue weighted by atomic mass is 9.86. The van der Waals surface area contributed by atoms with Crippen molar-refractivity contribution in [3.05, 3.63) is 35.5 Å². The van der Waals surface area contributed by atoms with E-state index in [2.05, 4.69) is 16.7 Å². The van der Waals surface area contributed by atoms with Crippen molar-refractivity contribution in [3.63, 3.8) is 0 Å². The number of carbonyl (C=O) groups is 1. The van der Waals surface area contributed by atoms with E-state index < -0.39 is 5.97 Å². The highest BCUT2D eigenvalue weighted by molar-refractivity contribution is 5.86. The molecule has 1 heterocycles. The first kappa shape index (κ1) is 13.2. The van der Waals surface area contributed by atoms with Crippen molar-refractivity contribution in [2.24, 2.45) is 5.92 Å². The summed E-state index contributed by atoms with van der Waals surface area (Å²) in [5.41, 5.74) is 3.71. The molecular formula is C16H19NO3. The number of rotatable bonds is 4. The molecule has 0 radical (unpaired) electrons. The third-order valence-corrected chi connectivity index (χ3v) is 4.24. The number of aliphatic carboxylic acids is 1. The van der Waals surface area contributed by atoms with E-state index in [0.29, 0.717) is 13.0 Å². The third kappa shape index (κ3) is 2.10. The molecule has 2 aromatic rings. The number of methoxy groups -OCH3 is 1. The molecule has 0 spiro atoms. The number of hydrogen-bond donors (Lipinski definition) is 1. The molecule has 1 N–H and O–H groups in total. The van der Waals surface area contributed by atoms with Gasteiger partial charge in [-0.1, -0.05) is 18.2 Å². The SMILES string of the molecule is COCCn1c2c(c3ccccc31)CC(C(=O)O)CC2. The zero-order valence-electron chi connectivity index (χ0n) is 11.6. The monoisotopic (exact) mass is 273 g/mol. The molecule has 20 heavy (non-hydrogen) atoms. The van der Waals surface area contributed by atoms with Crippen LogP contribution in [0.2, 0.25) is 0 Å². The van der Waals surface area contributed by atoms with Crippen LogP contribution in [-0.4, -0.2) is 29.4 Å². The molecular weight excluding hydrogens is 254 g/mol. The summed E-state index contributed by atoms with van der Waals surface area (Å²) in [5.74, 6) is -0.923. The summed E-state index contributed by atoms with van der Waals surface area (Å²) in [7, 11) is 1.71. The van der Waals surface area contributed by atoms with Gasteiger partial charge in [-0.25, -0.2) is 0 Å². The lowest BCUT2D eigenvalue weighted by molar-refractivity contribution is -0.142. The molecule has 0 bridgehead atoms. The first-order valence-electron chi connectivity index (χ1n) is 7.03. The Bertz CT molecular complexity index is 644. The average molecular weight is 273 g/mol. The molecule has 0 aliphatic heterocycles. The zero-order chi connectivity index (χ0) is 14.1. The molecule has 0 fully saturated rings. The first-order chi connectivity index (χ1) is 9.72. The Kier molecular flexibility index (Phi) is 3.49. The minimum Gasteiger partial charge on any atom is -0.481 e. The molecule has 4 nitrogen and oxygen atoms in total. The van der Waals surface area contributed by atoms with Crippen LogP contribution >= 0.6 is 0 Å². The Morgan fingerprint density at radius 3 is 3.00 bits per heavy atom. The summed E-state index contributed by atoms with van der Waals surface area (Å²) in [6.07, 6.45) is 2.21. The number of para-hydroxylation sites is 1. The van der Waals surface area contributed by atoms with Crippen molar-refractivity contribution in [1.29, 1.82) is 0 Å². The highest BCUT2D eigenvalue weighted by Crippen LogP contribution is 2.34. The van der Waals surface area contributed by atoms with Crippen molar-refractivity contribution in [1.82, 2.24) is 4.57 Å². The Morgan fingerprint density at radius 1 is 1.45 bits per heavy atom. The lowest BCUT2D eigenvalue weighted by Crippen LogP contribution is -2.23. The quantitative estimate of drug-likeness (QED) is 0.931. The van der Waals surface area contributed by atoms with E-state index in [1.54, 1.807) is 7.11 Å². The Labute approximate surface area is 118 Å². The van der Waals surface area contributed by atoms with E-state index in [1.807, 2.05) is 12.1 Å². The van der Waals surface area contributed by atoms with Gasteiger partial charge >= 0.3 is 5.97 Å². The fraction of sp³-hybridized carbons (Fsp3) is 0.438. The fourth-order valence-electron chi connectivity index (χ4n) is 3.25. The number of carboxylic acid groups (broad SMARTS) is 1. The maximum absolute atomic E-state index is 11.3. The van der Waals surface area contributed by atoms with Crippen LogP contribution in [0, 0.1) is 5.92 Å². The summed E-state index contributed by atoms with van der Waals surface area (Å²) in [6, 6.07) is 8.26. The van der Waals surface area contributed by atoms with Crippen LogP contribution in [-0.2, 0) is 28.9 Å². The minimum atomic E-state index is -0.677. The van der Waals surface area contributed by atoms with Gasteiger partial charge in [-0.3, -0.25) is 4.79 Å². The second-order valence-electron chi connectivity index (χ2n) is 5.36. The van der Waals surface area contributed by atoms with Gasteiger partial charge in [0.2, 0.25) is 0 Å². The summed E-state index contributed by atoms with van der Waals surface area (Å²) < 4.78 is 7.50. The van der Waals surface area contributed by atoms with Gasteiger partial charge in [-0.15, -0.1) is 0 Å². The van der Waals surface area contributed by atoms with Crippen LogP contribution in [0.1, 0.15) is 17.7 Å². The van der Waals surface area contributed by atoms with E-state index in [0.717, 1.165) is 19.4 Å². The first-order valence-corrected chi connectivity index (χ1v) is 7.03. The van der Waals surface area contributed by atoms with Crippen LogP contribution in [0.4, 0.5) is 0 Å². The Balaban J connectivity index is 2.09. The number of aromatic nitrogens is 1. The number of hydrogen-bond acceptors (Lipinski definition) is 2. The number of carboxylic acids is 1. The van der Waals surface area contributed by atoms with Gasteiger partial charge in [0.25, 0.3) is 0 Å². The van der Waals surface area contributed by atoms with Crippen molar-refractivity contribution in [2.45, 2.75) is 25.8 Å². The fourth-order valence-corrected chi connectivity index (χ4v) is 3.25. The third-order valence-electron chi connectivity index (χ3n) is 4.24. The standard InChI is InChI=1S/C16H19NO3/c1-20-9-8-17-14-5-3-2-4-12(14)13-10-11(16(18)19)6-7-15(13)17/h2-5,11H,6-10H2,1H3,(H,18,19). The summed E-state index contributed by atoms with van der Waals surface area (Å²) in [4.78, 5) is 11.3. The van der Waals surface area contributed by atoms with Crippen molar-refractivity contribution < 1.29 is 14.6 Å². The van der Waals surface area contributed by atoms with Crippen molar-refractivity contribution in [2.75, 3.05) is 13.7 Å². The molecule has 1 aliphatic carbocycles. The summed E-state index contributed by atoms with van der Waals surface area (Å²) in [6.45, 7) is 1.50. The van der Waals surface area contributed by atoms with Gasteiger partial charge < -0.3 is 14.4 Å². The molecule has 0 amide bonds. The normalized spacial score (nSPS) is 18.1. The molecule has 0 saturated carbocycles. The molecule has 1 atom stereocenters. The maximum Gasteiger partial charge on any atom is 0.306 e. The molecule has 1 aromatic heterocycles. The predicted octanol–water partition coefficient (Wildman–Crippen LogP) is 2.48. The van der Waals surface area contributed by atoms with Gasteiger partial charge in [-0.2, -0.15) is 0 Å². The topological polar surface area (TPSA) is 51.5 Å². The number of nitrogens with zero attached hydrogens (tertiary/aromatic N) is 1. The van der Waals surface area contributed by atoms with Crippen molar-refractivity contribution >= 4 is 16.9 Å². The van der Waals surface area contributed by atoms with E-state index >= 15 is 0 Å². The van der Waals surface area contributed by atoms with Gasteiger partial charge in [0.1, 0.15) is 0 Å². The Hall–Kier alpha value is -1.81. The predicted molar refractivity (Wildman–Crippen MR) is 77.0 cm³/mol. The van der Waals surface area contributed by atoms with E-state index in [-0.39, 0.29) is 5.92 Å². The molecule has 1 aliphatic rings. The molecule has 4 heteroatoms. The van der Waals surface area contributed by atoms with Gasteiger partial charge in [0.15, 0.2) is 0 Å². The van der Waals surface area contributed by atoms with E-state index in [1.165, 1.54) is 22.2 Å². The van der Waals surface area contributed by atoms with Crippen LogP contribution in [0.5, 0.6) is 0 Å². The summed E-state index contributed by atoms with van der Waals surface area (Å²) >= 11 is 0. The van der Waals surface area contributed by atoms with Crippen LogP contribution in [0.25, 0.3) is 10.9 Å². The highest BCUT2D eigenvalue weighted by Gasteiger charge is 2.28. The second kappa shape index (κ2) is 5.29.